The monoisotopic (exact) mass is 398 g/mol. The molecule has 1 atom stereocenters. The number of hydrogen-bond acceptors (Lipinski definition) is 0. The molecule has 1 N–H and O–H groups in total. The maximum atomic E-state index is 6.94. The van der Waals surface area contributed by atoms with Crippen molar-refractivity contribution in [3.05, 3.63) is 28.5 Å². The van der Waals surface area contributed by atoms with Crippen LogP contribution in [0.3, 0.4) is 0 Å². The van der Waals surface area contributed by atoms with Crippen LogP contribution in [0.15, 0.2) is 16.7 Å². The third-order valence-electron chi connectivity index (χ3n) is 2.81. The molecule has 1 aliphatic carbocycles. The maximum Gasteiger partial charge on any atom is 4.00 e. The summed E-state index contributed by atoms with van der Waals surface area (Å²) in [5, 5.41) is 0. The summed E-state index contributed by atoms with van der Waals surface area (Å²) in [6.07, 6.45) is 3.36. The Morgan fingerprint density at radius 1 is 1.05 bits per heavy atom. The molecular weight excluding hydrogens is 365 g/mol. The van der Waals surface area contributed by atoms with E-state index in [-0.39, 0.29) is 52.1 Å². The summed E-state index contributed by atoms with van der Waals surface area (Å²) in [5.74, 6) is 0.560. The second-order valence-corrected chi connectivity index (χ2v) is 8.36. The Balaban J connectivity index is -0.0000000659. The van der Waals surface area contributed by atoms with E-state index in [0.717, 1.165) is 9.52 Å². The normalized spacial score (nSPS) is 15.7. The Morgan fingerprint density at radius 3 is 1.41 bits per heavy atom. The molecular formula is C17H34Cl2NSiTi. The number of allylic oxidation sites excluding steroid dienone is 4. The summed E-state index contributed by atoms with van der Waals surface area (Å²) >= 11 is 0. The van der Waals surface area contributed by atoms with Gasteiger partial charge in [-0.1, -0.05) is 73.4 Å². The Labute approximate surface area is 169 Å². The van der Waals surface area contributed by atoms with Gasteiger partial charge in [0.1, 0.15) is 0 Å². The quantitative estimate of drug-likeness (QED) is 0.456. The van der Waals surface area contributed by atoms with Crippen LogP contribution in [-0.2, 0) is 21.7 Å². The minimum absolute atomic E-state index is 0. The van der Waals surface area contributed by atoms with Crippen LogP contribution in [0, 0.1) is 12.0 Å². The number of hydrogen-bond donors (Lipinski definition) is 0. The van der Waals surface area contributed by atoms with Gasteiger partial charge < -0.3 is 30.5 Å². The van der Waals surface area contributed by atoms with Crippen LogP contribution >= 0.6 is 0 Å². The van der Waals surface area contributed by atoms with Gasteiger partial charge in [-0.3, -0.25) is 6.08 Å². The van der Waals surface area contributed by atoms with Gasteiger partial charge >= 0.3 is 21.7 Å². The van der Waals surface area contributed by atoms with Gasteiger partial charge in [0.25, 0.3) is 0 Å². The van der Waals surface area contributed by atoms with Crippen molar-refractivity contribution in [3.8, 4) is 0 Å². The third kappa shape index (κ3) is 23.2. The zero-order valence-electron chi connectivity index (χ0n) is 15.8. The van der Waals surface area contributed by atoms with Crippen LogP contribution in [0.25, 0.3) is 5.73 Å². The maximum absolute atomic E-state index is 6.94. The van der Waals surface area contributed by atoms with E-state index in [9.17, 15) is 0 Å². The Bertz CT molecular complexity index is 302. The first-order valence-electron chi connectivity index (χ1n) is 7.39. The summed E-state index contributed by atoms with van der Waals surface area (Å²) in [6, 6.07) is 2.85. The fraction of sp³-hybridized carbons (Fsp3) is 0.765. The largest absolute Gasteiger partial charge is 4.00 e. The Hall–Kier alpha value is 0.951. The first-order valence-corrected chi connectivity index (χ1v) is 9.02. The topological polar surface area (TPSA) is 23.8 Å². The van der Waals surface area contributed by atoms with Gasteiger partial charge in [-0.05, 0) is 0 Å². The first-order chi connectivity index (χ1) is 8.54. The molecule has 0 spiro atoms. The van der Waals surface area contributed by atoms with Crippen molar-refractivity contribution in [2.45, 2.75) is 79.9 Å². The van der Waals surface area contributed by atoms with Gasteiger partial charge in [0.15, 0.2) is 0 Å². The van der Waals surface area contributed by atoms with Gasteiger partial charge in [0.2, 0.25) is 0 Å². The molecule has 129 valence electrons. The van der Waals surface area contributed by atoms with Gasteiger partial charge in [0.05, 0.1) is 0 Å². The number of nitrogens with one attached hydrogen (secondary N) is 1. The van der Waals surface area contributed by atoms with E-state index in [0.29, 0.717) is 5.92 Å². The molecule has 1 rings (SSSR count). The predicted molar refractivity (Wildman–Crippen MR) is 92.2 cm³/mol. The van der Waals surface area contributed by atoms with E-state index in [2.05, 4.69) is 47.6 Å². The van der Waals surface area contributed by atoms with E-state index < -0.39 is 0 Å². The minimum atomic E-state index is -0.250. The molecule has 0 aromatic heterocycles. The second-order valence-electron chi connectivity index (χ2n) is 6.15. The van der Waals surface area contributed by atoms with Crippen LogP contribution in [0.4, 0.5) is 0 Å². The molecule has 0 amide bonds. The zero-order chi connectivity index (χ0) is 15.6. The van der Waals surface area contributed by atoms with Crippen molar-refractivity contribution in [2.24, 2.45) is 5.92 Å². The van der Waals surface area contributed by atoms with E-state index in [1.807, 2.05) is 20.8 Å². The fourth-order valence-electron chi connectivity index (χ4n) is 1.45. The Morgan fingerprint density at radius 2 is 1.36 bits per heavy atom. The van der Waals surface area contributed by atoms with Crippen molar-refractivity contribution < 1.29 is 46.5 Å². The first kappa shape index (κ1) is 34.3. The van der Waals surface area contributed by atoms with Gasteiger partial charge in [-0.25, -0.2) is 5.57 Å². The average Bonchev–Trinajstić information content (AvgIpc) is 2.45. The molecule has 22 heavy (non-hydrogen) atoms. The summed E-state index contributed by atoms with van der Waals surface area (Å²) in [4.78, 5) is 0. The van der Waals surface area contributed by atoms with Gasteiger partial charge in [-0.15, -0.1) is 12.5 Å². The minimum Gasteiger partial charge on any atom is -1.00 e. The van der Waals surface area contributed by atoms with Crippen LogP contribution in [0.2, 0.25) is 12.1 Å². The predicted octanol–water partition coefficient (Wildman–Crippen LogP) is -0.136. The fourth-order valence-corrected chi connectivity index (χ4v) is 2.03. The van der Waals surface area contributed by atoms with Crippen molar-refractivity contribution in [2.75, 3.05) is 0 Å². The molecule has 1 radical (unpaired) electrons. The van der Waals surface area contributed by atoms with Crippen molar-refractivity contribution in [3.63, 3.8) is 0 Å². The van der Waals surface area contributed by atoms with Gasteiger partial charge in [-0.2, -0.15) is 11.1 Å². The van der Waals surface area contributed by atoms with Crippen LogP contribution < -0.4 is 24.8 Å². The SMILES string of the molecule is CC(C)(C)[NH-].CC1=[C-]C(C)C(C)=C1C.CC[SiH]CC.[Cl-].[Cl-].[Ti+4]. The standard InChI is InChI=1S/C9H13.C4H10N.C4H11Si.2ClH.Ti/c1-6-5-7(2)9(4)8(6)3;1-4(2,3)5;1-3-5-4-2;;;/h6H,1-4H3;5H,1-3H3;5H,3-4H2,1-2H3;2*1H;/q2*-1;;;;+4/p-2. The second kappa shape index (κ2) is 18.3. The van der Waals surface area contributed by atoms with E-state index in [1.165, 1.54) is 28.8 Å². The van der Waals surface area contributed by atoms with E-state index in [1.54, 1.807) is 0 Å². The molecule has 1 aliphatic rings. The summed E-state index contributed by atoms with van der Waals surface area (Å²) in [7, 11) is 0.815. The molecule has 0 aromatic carbocycles. The van der Waals surface area contributed by atoms with Crippen LogP contribution in [0.5, 0.6) is 0 Å². The number of halogens is 2. The molecule has 0 saturated carbocycles. The molecule has 1 nitrogen and oxygen atoms in total. The van der Waals surface area contributed by atoms with E-state index in [4.69, 9.17) is 5.73 Å². The van der Waals surface area contributed by atoms with Crippen molar-refractivity contribution in [1.82, 2.24) is 0 Å². The molecule has 0 heterocycles. The molecule has 0 aliphatic heterocycles. The molecule has 5 heteroatoms. The summed E-state index contributed by atoms with van der Waals surface area (Å²) in [6.45, 7) is 18.7. The van der Waals surface area contributed by atoms with Crippen LogP contribution in [0.1, 0.15) is 62.3 Å². The van der Waals surface area contributed by atoms with E-state index >= 15 is 0 Å². The number of rotatable bonds is 2. The Kier molecular flexibility index (Phi) is 28.5. The molecule has 1 unspecified atom stereocenters. The molecule has 0 aromatic rings. The summed E-state index contributed by atoms with van der Waals surface area (Å²) in [5.41, 5.74) is 10.9. The van der Waals surface area contributed by atoms with Crippen molar-refractivity contribution >= 4 is 9.52 Å². The summed E-state index contributed by atoms with van der Waals surface area (Å²) < 4.78 is 0. The zero-order valence-corrected chi connectivity index (χ0v) is 20.1. The van der Waals surface area contributed by atoms with Crippen molar-refractivity contribution in [1.29, 1.82) is 0 Å². The average molecular weight is 399 g/mol. The molecule has 0 fully saturated rings. The van der Waals surface area contributed by atoms with Crippen LogP contribution in [-0.4, -0.2) is 15.1 Å². The van der Waals surface area contributed by atoms with Gasteiger partial charge in [0, 0.05) is 9.52 Å². The third-order valence-corrected chi connectivity index (χ3v) is 3.97. The molecule has 0 saturated heterocycles. The molecule has 0 bridgehead atoms. The smallest absolute Gasteiger partial charge is 1.00 e.